The Hall–Kier alpha value is -2.68. The molecule has 1 aliphatic heterocycles. The molecule has 128 valence electrons. The molecule has 5 nitrogen and oxygen atoms in total. The van der Waals surface area contributed by atoms with Crippen LogP contribution in [0.2, 0.25) is 0 Å². The van der Waals surface area contributed by atoms with Gasteiger partial charge in [0.2, 0.25) is 0 Å². The van der Waals surface area contributed by atoms with Crippen molar-refractivity contribution < 1.29 is 5.11 Å². The molecule has 5 heteroatoms. The van der Waals surface area contributed by atoms with Crippen LogP contribution in [0.1, 0.15) is 28.7 Å². The average molecular weight is 334 g/mol. The molecule has 1 aromatic heterocycles. The number of aromatic hydroxyl groups is 1. The van der Waals surface area contributed by atoms with E-state index in [1.54, 1.807) is 24.4 Å². The van der Waals surface area contributed by atoms with Gasteiger partial charge in [-0.15, -0.1) is 0 Å². The van der Waals surface area contributed by atoms with E-state index < -0.39 is 0 Å². The quantitative estimate of drug-likeness (QED) is 0.756. The van der Waals surface area contributed by atoms with Gasteiger partial charge < -0.3 is 15.7 Å². The molecule has 0 spiro atoms. The Morgan fingerprint density at radius 2 is 2.12 bits per heavy atom. The Labute approximate surface area is 148 Å². The van der Waals surface area contributed by atoms with Crippen molar-refractivity contribution in [3.05, 3.63) is 58.9 Å². The van der Waals surface area contributed by atoms with Crippen molar-refractivity contribution in [2.75, 3.05) is 19.6 Å². The summed E-state index contributed by atoms with van der Waals surface area (Å²) in [4.78, 5) is 4.04. The second-order valence-electron chi connectivity index (χ2n) is 6.37. The fraction of sp³-hybridized carbons (Fsp3) is 0.300. The number of hydrogen-bond acceptors (Lipinski definition) is 5. The van der Waals surface area contributed by atoms with E-state index in [0.29, 0.717) is 11.5 Å². The lowest BCUT2D eigenvalue weighted by Crippen LogP contribution is -2.24. The SMILES string of the molecule is N#Cc1cncc(C=Cc2cc(O)cc(CNCC3CCNC3)c2)c1. The van der Waals surface area contributed by atoms with Crippen LogP contribution in [0.4, 0.5) is 0 Å². The Kier molecular flexibility index (Phi) is 5.78. The van der Waals surface area contributed by atoms with Gasteiger partial charge in [0.05, 0.1) is 5.56 Å². The van der Waals surface area contributed by atoms with Gasteiger partial charge in [-0.05, 0) is 66.9 Å². The third-order valence-corrected chi connectivity index (χ3v) is 4.28. The minimum absolute atomic E-state index is 0.255. The number of aromatic nitrogens is 1. The standard InChI is InChI=1S/C20H22N4O/c21-9-19-6-16(10-23-14-19)2-1-15-5-18(8-20(25)7-15)13-24-12-17-3-4-22-11-17/h1-2,5-8,10,14,17,22,24-25H,3-4,11-13H2. The van der Waals surface area contributed by atoms with Crippen molar-refractivity contribution in [3.8, 4) is 11.8 Å². The van der Waals surface area contributed by atoms with Crippen molar-refractivity contribution in [2.24, 2.45) is 5.92 Å². The number of phenolic OH excluding ortho intramolecular Hbond substituents is 1. The summed E-state index contributed by atoms with van der Waals surface area (Å²) in [6, 6.07) is 9.43. The number of pyridine rings is 1. The second kappa shape index (κ2) is 8.43. The fourth-order valence-corrected chi connectivity index (χ4v) is 3.01. The molecule has 3 N–H and O–H groups in total. The highest BCUT2D eigenvalue weighted by Gasteiger charge is 2.13. The number of phenols is 1. The third-order valence-electron chi connectivity index (χ3n) is 4.28. The van der Waals surface area contributed by atoms with Gasteiger partial charge in [0.1, 0.15) is 11.8 Å². The molecule has 0 bridgehead atoms. The number of benzene rings is 1. The third kappa shape index (κ3) is 5.15. The summed E-state index contributed by atoms with van der Waals surface area (Å²) < 4.78 is 0. The number of rotatable bonds is 6. The maximum atomic E-state index is 9.96. The molecule has 0 aliphatic carbocycles. The molecule has 0 amide bonds. The minimum atomic E-state index is 0.255. The molecule has 1 atom stereocenters. The summed E-state index contributed by atoms with van der Waals surface area (Å²) >= 11 is 0. The molecule has 1 saturated heterocycles. The smallest absolute Gasteiger partial charge is 0.116 e. The zero-order valence-electron chi connectivity index (χ0n) is 14.1. The van der Waals surface area contributed by atoms with Crippen molar-refractivity contribution in [1.82, 2.24) is 15.6 Å². The number of nitriles is 1. The highest BCUT2D eigenvalue weighted by Crippen LogP contribution is 2.18. The maximum absolute atomic E-state index is 9.96. The van der Waals surface area contributed by atoms with Crippen LogP contribution in [-0.4, -0.2) is 29.7 Å². The minimum Gasteiger partial charge on any atom is -0.508 e. The molecule has 3 rings (SSSR count). The largest absolute Gasteiger partial charge is 0.508 e. The lowest BCUT2D eigenvalue weighted by molar-refractivity contribution is 0.472. The molecule has 0 radical (unpaired) electrons. The first kappa shape index (κ1) is 17.2. The van der Waals surface area contributed by atoms with Gasteiger partial charge in [0, 0.05) is 18.9 Å². The lowest BCUT2D eigenvalue weighted by atomic mass is 10.1. The summed E-state index contributed by atoms with van der Waals surface area (Å²) in [6.45, 7) is 3.91. The Bertz CT molecular complexity index is 789. The van der Waals surface area contributed by atoms with Gasteiger partial charge in [0.25, 0.3) is 0 Å². The van der Waals surface area contributed by atoms with Gasteiger partial charge in [-0.1, -0.05) is 18.2 Å². The summed E-state index contributed by atoms with van der Waals surface area (Å²) in [5.41, 5.74) is 3.36. The van der Waals surface area contributed by atoms with Crippen LogP contribution < -0.4 is 10.6 Å². The van der Waals surface area contributed by atoms with Crippen LogP contribution in [0.5, 0.6) is 5.75 Å². The Morgan fingerprint density at radius 1 is 1.24 bits per heavy atom. The van der Waals surface area contributed by atoms with E-state index in [-0.39, 0.29) is 5.75 Å². The van der Waals surface area contributed by atoms with Crippen molar-refractivity contribution in [3.63, 3.8) is 0 Å². The maximum Gasteiger partial charge on any atom is 0.116 e. The predicted octanol–water partition coefficient (Wildman–Crippen LogP) is 2.53. The van der Waals surface area contributed by atoms with Gasteiger partial charge >= 0.3 is 0 Å². The summed E-state index contributed by atoms with van der Waals surface area (Å²) in [5, 5.41) is 25.7. The Morgan fingerprint density at radius 3 is 2.92 bits per heavy atom. The lowest BCUT2D eigenvalue weighted by Gasteiger charge is -2.10. The average Bonchev–Trinajstić information content (AvgIpc) is 3.13. The zero-order valence-corrected chi connectivity index (χ0v) is 14.1. The molecule has 2 aromatic rings. The van der Waals surface area contributed by atoms with Gasteiger partial charge in [-0.2, -0.15) is 5.26 Å². The van der Waals surface area contributed by atoms with E-state index in [4.69, 9.17) is 5.26 Å². The van der Waals surface area contributed by atoms with E-state index in [1.807, 2.05) is 12.2 Å². The summed E-state index contributed by atoms with van der Waals surface area (Å²) in [7, 11) is 0. The van der Waals surface area contributed by atoms with Gasteiger partial charge in [-0.3, -0.25) is 4.98 Å². The number of nitrogens with zero attached hydrogens (tertiary/aromatic N) is 2. The topological polar surface area (TPSA) is 81.0 Å². The molecule has 2 heterocycles. The van der Waals surface area contributed by atoms with E-state index in [1.165, 1.54) is 12.6 Å². The van der Waals surface area contributed by atoms with Gasteiger partial charge in [-0.25, -0.2) is 0 Å². The number of nitrogens with one attached hydrogen (secondary N) is 2. The van der Waals surface area contributed by atoms with Gasteiger partial charge in [0.15, 0.2) is 0 Å². The van der Waals surface area contributed by atoms with Crippen LogP contribution in [-0.2, 0) is 6.54 Å². The van der Waals surface area contributed by atoms with E-state index >= 15 is 0 Å². The van der Waals surface area contributed by atoms with Crippen molar-refractivity contribution in [1.29, 1.82) is 5.26 Å². The molecule has 25 heavy (non-hydrogen) atoms. The zero-order chi connectivity index (χ0) is 17.5. The first-order valence-corrected chi connectivity index (χ1v) is 8.50. The first-order chi connectivity index (χ1) is 12.2. The summed E-state index contributed by atoms with van der Waals surface area (Å²) in [6.07, 6.45) is 8.27. The first-order valence-electron chi connectivity index (χ1n) is 8.50. The van der Waals surface area contributed by atoms with Crippen LogP contribution in [0, 0.1) is 17.2 Å². The molecule has 1 unspecified atom stereocenters. The second-order valence-corrected chi connectivity index (χ2v) is 6.37. The van der Waals surface area contributed by atoms with Crippen LogP contribution in [0.25, 0.3) is 12.2 Å². The molecule has 0 saturated carbocycles. The van der Waals surface area contributed by atoms with Crippen molar-refractivity contribution >= 4 is 12.2 Å². The van der Waals surface area contributed by atoms with Crippen molar-refractivity contribution in [2.45, 2.75) is 13.0 Å². The Balaban J connectivity index is 1.64. The van der Waals surface area contributed by atoms with E-state index in [0.717, 1.165) is 42.9 Å². The monoisotopic (exact) mass is 334 g/mol. The van der Waals surface area contributed by atoms with Crippen LogP contribution in [0.3, 0.4) is 0 Å². The number of hydrogen-bond donors (Lipinski definition) is 3. The highest BCUT2D eigenvalue weighted by atomic mass is 16.3. The molecular formula is C20H22N4O. The normalized spacial score (nSPS) is 17.0. The van der Waals surface area contributed by atoms with Crippen LogP contribution in [0.15, 0.2) is 36.7 Å². The fourth-order valence-electron chi connectivity index (χ4n) is 3.01. The summed E-state index contributed by atoms with van der Waals surface area (Å²) in [5.74, 6) is 0.946. The highest BCUT2D eigenvalue weighted by molar-refractivity contribution is 5.70. The molecule has 1 aliphatic rings. The molecular weight excluding hydrogens is 312 g/mol. The molecule has 1 aromatic carbocycles. The predicted molar refractivity (Wildman–Crippen MR) is 98.7 cm³/mol. The van der Waals surface area contributed by atoms with E-state index in [2.05, 4.69) is 27.8 Å². The van der Waals surface area contributed by atoms with Crippen LogP contribution >= 0.6 is 0 Å². The molecule has 1 fully saturated rings. The van der Waals surface area contributed by atoms with E-state index in [9.17, 15) is 5.11 Å².